The molecule has 27 heavy (non-hydrogen) atoms. The molecule has 2 aliphatic heterocycles. The Hall–Kier alpha value is -1.00. The summed E-state index contributed by atoms with van der Waals surface area (Å²) in [6.07, 6.45) is 4.51. The minimum absolute atomic E-state index is 0. The minimum Gasteiger partial charge on any atom is -0.493 e. The van der Waals surface area contributed by atoms with Crippen molar-refractivity contribution in [2.24, 2.45) is 5.14 Å². The van der Waals surface area contributed by atoms with E-state index in [-0.39, 0.29) is 23.2 Å². The lowest BCUT2D eigenvalue weighted by Gasteiger charge is -2.29. The number of sulfonamides is 1. The zero-order chi connectivity index (χ0) is 18.6. The van der Waals surface area contributed by atoms with Crippen LogP contribution in [-0.2, 0) is 14.8 Å². The summed E-state index contributed by atoms with van der Waals surface area (Å²) in [5.41, 5.74) is 0. The van der Waals surface area contributed by atoms with Crippen molar-refractivity contribution < 1.29 is 17.9 Å². The fourth-order valence-corrected chi connectivity index (χ4v) is 4.68. The molecule has 0 aromatic heterocycles. The number of ether oxygens (including phenoxy) is 1. The molecule has 152 valence electrons. The van der Waals surface area contributed by atoms with E-state index in [1.807, 2.05) is 0 Å². The zero-order valence-electron chi connectivity index (χ0n) is 14.9. The molecule has 3 rings (SSSR count). The first-order chi connectivity index (χ1) is 12.4. The van der Waals surface area contributed by atoms with Gasteiger partial charge in [-0.1, -0.05) is 0 Å². The summed E-state index contributed by atoms with van der Waals surface area (Å²) in [6.45, 7) is 0.449. The Labute approximate surface area is 170 Å². The summed E-state index contributed by atoms with van der Waals surface area (Å²) in [5.74, 6) is 1.76. The second kappa shape index (κ2) is 9.97. The lowest BCUT2D eigenvalue weighted by Crippen LogP contribution is -2.48. The second-order valence-electron chi connectivity index (χ2n) is 6.79. The van der Waals surface area contributed by atoms with Crippen LogP contribution in [0.1, 0.15) is 25.7 Å². The van der Waals surface area contributed by atoms with Gasteiger partial charge in [0.15, 0.2) is 0 Å². The molecule has 4 N–H and O–H groups in total. The van der Waals surface area contributed by atoms with E-state index in [9.17, 15) is 13.2 Å². The third kappa shape index (κ3) is 6.83. The van der Waals surface area contributed by atoms with Crippen LogP contribution in [0.15, 0.2) is 29.2 Å². The second-order valence-corrected chi connectivity index (χ2v) is 9.46. The Kier molecular flexibility index (Phi) is 8.23. The third-order valence-corrected chi connectivity index (χ3v) is 6.57. The van der Waals surface area contributed by atoms with Crippen molar-refractivity contribution in [3.63, 3.8) is 0 Å². The largest absolute Gasteiger partial charge is 0.493 e. The van der Waals surface area contributed by atoms with Crippen molar-refractivity contribution in [2.75, 3.05) is 18.1 Å². The summed E-state index contributed by atoms with van der Waals surface area (Å²) in [4.78, 5) is 12.1. The molecule has 2 unspecified atom stereocenters. The Morgan fingerprint density at radius 3 is 2.44 bits per heavy atom. The highest BCUT2D eigenvalue weighted by molar-refractivity contribution is 7.99. The Bertz CT molecular complexity index is 718. The van der Waals surface area contributed by atoms with Gasteiger partial charge >= 0.3 is 0 Å². The average molecular weight is 436 g/mol. The Morgan fingerprint density at radius 1 is 1.22 bits per heavy atom. The van der Waals surface area contributed by atoms with Gasteiger partial charge in [0.2, 0.25) is 15.9 Å². The highest BCUT2D eigenvalue weighted by atomic mass is 35.5. The van der Waals surface area contributed by atoms with Gasteiger partial charge in [0.05, 0.1) is 17.3 Å². The van der Waals surface area contributed by atoms with E-state index in [0.717, 1.165) is 12.8 Å². The summed E-state index contributed by atoms with van der Waals surface area (Å²) < 4.78 is 27.9. The molecule has 0 radical (unpaired) electrons. The number of nitrogens with one attached hydrogen (secondary N) is 2. The van der Waals surface area contributed by atoms with Crippen LogP contribution in [0.4, 0.5) is 0 Å². The number of nitrogens with two attached hydrogens (primary N) is 1. The topological polar surface area (TPSA) is 111 Å². The van der Waals surface area contributed by atoms with Gasteiger partial charge in [-0.05, 0) is 49.9 Å². The van der Waals surface area contributed by atoms with E-state index < -0.39 is 10.0 Å². The highest BCUT2D eigenvalue weighted by Crippen LogP contribution is 2.26. The number of benzene rings is 1. The van der Waals surface area contributed by atoms with Gasteiger partial charge in [-0.25, -0.2) is 13.6 Å². The van der Waals surface area contributed by atoms with Crippen molar-refractivity contribution in [2.45, 2.75) is 48.7 Å². The molecule has 10 heteroatoms. The number of carbonyl (C=O) groups excluding carboxylic acids is 1. The fourth-order valence-electron chi connectivity index (χ4n) is 3.55. The van der Waals surface area contributed by atoms with Gasteiger partial charge in [-0.3, -0.25) is 4.79 Å². The smallest absolute Gasteiger partial charge is 0.238 e. The number of fused-ring (bicyclic) bond motifs is 2. The van der Waals surface area contributed by atoms with E-state index in [4.69, 9.17) is 9.88 Å². The highest BCUT2D eigenvalue weighted by Gasteiger charge is 2.33. The van der Waals surface area contributed by atoms with Gasteiger partial charge in [0, 0.05) is 23.9 Å². The van der Waals surface area contributed by atoms with Crippen LogP contribution < -0.4 is 20.5 Å². The van der Waals surface area contributed by atoms with Crippen molar-refractivity contribution in [1.82, 2.24) is 10.6 Å². The number of hydrogen-bond acceptors (Lipinski definition) is 6. The molecule has 0 saturated carbocycles. The monoisotopic (exact) mass is 435 g/mol. The van der Waals surface area contributed by atoms with Crippen molar-refractivity contribution in [3.05, 3.63) is 24.3 Å². The van der Waals surface area contributed by atoms with E-state index in [1.54, 1.807) is 12.1 Å². The first kappa shape index (κ1) is 22.3. The molecule has 2 bridgehead atoms. The molecule has 2 atom stereocenters. The van der Waals surface area contributed by atoms with Crippen molar-refractivity contribution >= 4 is 40.1 Å². The third-order valence-electron chi connectivity index (χ3n) is 4.72. The van der Waals surface area contributed by atoms with Crippen LogP contribution in [-0.4, -0.2) is 50.6 Å². The quantitative estimate of drug-likeness (QED) is 0.530. The lowest BCUT2D eigenvalue weighted by atomic mass is 10.00. The van der Waals surface area contributed by atoms with Crippen molar-refractivity contribution in [1.29, 1.82) is 0 Å². The molecule has 1 aromatic carbocycles. The SMILES string of the molecule is Cl.NS(=O)(=O)c1ccc(OCCSCC(=O)NC2CC3CCC(C2)N3)cc1. The summed E-state index contributed by atoms with van der Waals surface area (Å²) >= 11 is 1.53. The summed E-state index contributed by atoms with van der Waals surface area (Å²) in [5, 5.41) is 11.8. The van der Waals surface area contributed by atoms with Crippen LogP contribution in [0.25, 0.3) is 0 Å². The van der Waals surface area contributed by atoms with Crippen LogP contribution in [0.2, 0.25) is 0 Å². The first-order valence-corrected chi connectivity index (χ1v) is 11.5. The predicted molar refractivity (Wildman–Crippen MR) is 109 cm³/mol. The lowest BCUT2D eigenvalue weighted by molar-refractivity contribution is -0.119. The van der Waals surface area contributed by atoms with E-state index in [1.165, 1.54) is 36.7 Å². The molecular weight excluding hydrogens is 410 g/mol. The molecule has 2 fully saturated rings. The number of halogens is 1. The van der Waals surface area contributed by atoms with Crippen LogP contribution in [0.3, 0.4) is 0 Å². The number of carbonyl (C=O) groups is 1. The Morgan fingerprint density at radius 2 is 1.85 bits per heavy atom. The number of rotatable bonds is 8. The molecule has 0 aliphatic carbocycles. The zero-order valence-corrected chi connectivity index (χ0v) is 17.4. The number of piperidine rings is 1. The van der Waals surface area contributed by atoms with E-state index in [0.29, 0.717) is 42.0 Å². The Balaban J connectivity index is 0.00000261. The molecule has 2 saturated heterocycles. The van der Waals surface area contributed by atoms with Crippen LogP contribution in [0.5, 0.6) is 5.75 Å². The normalized spacial score (nSPS) is 24.1. The van der Waals surface area contributed by atoms with Gasteiger partial charge in [0.25, 0.3) is 0 Å². The fraction of sp³-hybridized carbons (Fsp3) is 0.588. The van der Waals surface area contributed by atoms with E-state index >= 15 is 0 Å². The molecular formula is C17H26ClN3O4S2. The summed E-state index contributed by atoms with van der Waals surface area (Å²) in [6, 6.07) is 7.41. The molecule has 1 aromatic rings. The number of primary sulfonamides is 1. The first-order valence-electron chi connectivity index (χ1n) is 8.79. The molecule has 7 nitrogen and oxygen atoms in total. The van der Waals surface area contributed by atoms with Gasteiger partial charge < -0.3 is 15.4 Å². The summed E-state index contributed by atoms with van der Waals surface area (Å²) in [7, 11) is -3.68. The van der Waals surface area contributed by atoms with Gasteiger partial charge in [-0.2, -0.15) is 0 Å². The average Bonchev–Trinajstić information content (AvgIpc) is 2.93. The number of thioether (sulfide) groups is 1. The number of hydrogen-bond donors (Lipinski definition) is 3. The maximum Gasteiger partial charge on any atom is 0.238 e. The minimum atomic E-state index is -3.68. The number of amides is 1. The van der Waals surface area contributed by atoms with Crippen LogP contribution in [0, 0.1) is 0 Å². The molecule has 2 heterocycles. The standard InChI is InChI=1S/C17H25N3O4S2.ClH/c18-26(22,23)16-5-3-15(4-6-16)24-7-8-25-11-17(21)20-14-9-12-1-2-13(10-14)19-12;/h3-6,12-14,19H,1-2,7-11H2,(H,20,21)(H2,18,22,23);1H. The van der Waals surface area contributed by atoms with Gasteiger partial charge in [0.1, 0.15) is 5.75 Å². The van der Waals surface area contributed by atoms with Crippen molar-refractivity contribution in [3.8, 4) is 5.75 Å². The van der Waals surface area contributed by atoms with E-state index in [2.05, 4.69) is 10.6 Å². The predicted octanol–water partition coefficient (Wildman–Crippen LogP) is 1.27. The molecule has 2 aliphatic rings. The van der Waals surface area contributed by atoms with Crippen LogP contribution >= 0.6 is 24.2 Å². The molecule has 0 spiro atoms. The maximum absolute atomic E-state index is 12.0. The maximum atomic E-state index is 12.0. The molecule has 1 amide bonds. The van der Waals surface area contributed by atoms with Gasteiger partial charge in [-0.15, -0.1) is 24.2 Å².